The fraction of sp³-hybridized carbons (Fsp3) is 0.227. The van der Waals surface area contributed by atoms with Crippen molar-refractivity contribution in [3.63, 3.8) is 0 Å². The number of imide groups is 1. The van der Waals surface area contributed by atoms with Gasteiger partial charge in [-0.15, -0.1) is 0 Å². The lowest BCUT2D eigenvalue weighted by Gasteiger charge is -2.14. The SMILES string of the molecule is CCOc1cc(/C=C2\SC(=O)N(Cc3ccc(I)cc3)C2=O)cc(I)c1OCC(=O)OC. The van der Waals surface area contributed by atoms with E-state index in [4.69, 9.17) is 9.47 Å². The average molecular weight is 679 g/mol. The Morgan fingerprint density at radius 1 is 1.12 bits per heavy atom. The Morgan fingerprint density at radius 3 is 2.50 bits per heavy atom. The number of ether oxygens (including phenoxy) is 3. The Kier molecular flexibility index (Phi) is 8.82. The Balaban J connectivity index is 1.83. The summed E-state index contributed by atoms with van der Waals surface area (Å²) in [7, 11) is 1.29. The summed E-state index contributed by atoms with van der Waals surface area (Å²) in [5, 5.41) is -0.308. The Labute approximate surface area is 217 Å². The summed E-state index contributed by atoms with van der Waals surface area (Å²) in [5.74, 6) is 0.0150. The first-order valence-corrected chi connectivity index (χ1v) is 12.5. The van der Waals surface area contributed by atoms with Crippen molar-refractivity contribution in [1.82, 2.24) is 4.90 Å². The summed E-state index contributed by atoms with van der Waals surface area (Å²) in [6.07, 6.45) is 1.66. The third kappa shape index (κ3) is 6.16. The number of carbonyl (C=O) groups excluding carboxylic acids is 3. The molecule has 1 heterocycles. The van der Waals surface area contributed by atoms with Crippen LogP contribution in [0.5, 0.6) is 11.5 Å². The van der Waals surface area contributed by atoms with Crippen LogP contribution in [0.3, 0.4) is 0 Å². The van der Waals surface area contributed by atoms with Crippen LogP contribution < -0.4 is 9.47 Å². The van der Waals surface area contributed by atoms with Crippen LogP contribution in [-0.2, 0) is 20.9 Å². The predicted molar refractivity (Wildman–Crippen MR) is 139 cm³/mol. The van der Waals surface area contributed by atoms with Gasteiger partial charge >= 0.3 is 5.97 Å². The van der Waals surface area contributed by atoms with E-state index in [0.29, 0.717) is 32.1 Å². The number of amides is 2. The first-order chi connectivity index (χ1) is 15.3. The van der Waals surface area contributed by atoms with Crippen molar-refractivity contribution in [3.8, 4) is 11.5 Å². The van der Waals surface area contributed by atoms with E-state index in [9.17, 15) is 14.4 Å². The number of carbonyl (C=O) groups is 3. The van der Waals surface area contributed by atoms with E-state index in [1.807, 2.05) is 31.2 Å². The number of hydrogen-bond acceptors (Lipinski definition) is 7. The molecule has 168 valence electrons. The second-order valence-electron chi connectivity index (χ2n) is 6.52. The first kappa shape index (κ1) is 24.8. The van der Waals surface area contributed by atoms with Gasteiger partial charge in [-0.1, -0.05) is 12.1 Å². The van der Waals surface area contributed by atoms with Crippen LogP contribution in [0.1, 0.15) is 18.1 Å². The van der Waals surface area contributed by atoms with E-state index >= 15 is 0 Å². The second-order valence-corrected chi connectivity index (χ2v) is 9.92. The van der Waals surface area contributed by atoms with Gasteiger partial charge in [0.1, 0.15) is 0 Å². The summed E-state index contributed by atoms with van der Waals surface area (Å²) in [6, 6.07) is 11.2. The molecule has 0 aromatic heterocycles. The third-order valence-electron chi connectivity index (χ3n) is 4.32. The monoisotopic (exact) mass is 679 g/mol. The van der Waals surface area contributed by atoms with Gasteiger partial charge in [0.05, 0.1) is 28.7 Å². The van der Waals surface area contributed by atoms with Crippen LogP contribution in [0.2, 0.25) is 0 Å². The maximum absolute atomic E-state index is 12.9. The van der Waals surface area contributed by atoms with Gasteiger partial charge in [-0.05, 0) is 105 Å². The highest BCUT2D eigenvalue weighted by Crippen LogP contribution is 2.38. The smallest absolute Gasteiger partial charge is 0.343 e. The molecule has 0 N–H and O–H groups in total. The highest BCUT2D eigenvalue weighted by atomic mass is 127. The highest BCUT2D eigenvalue weighted by molar-refractivity contribution is 14.1. The molecule has 3 rings (SSSR count). The van der Waals surface area contributed by atoms with Crippen molar-refractivity contribution < 1.29 is 28.6 Å². The lowest BCUT2D eigenvalue weighted by molar-refractivity contribution is -0.143. The molecule has 0 bridgehead atoms. The molecule has 2 amide bonds. The average Bonchev–Trinajstić information content (AvgIpc) is 3.02. The van der Waals surface area contributed by atoms with Gasteiger partial charge in [0.2, 0.25) is 0 Å². The summed E-state index contributed by atoms with van der Waals surface area (Å²) in [4.78, 5) is 38.3. The van der Waals surface area contributed by atoms with Crippen LogP contribution in [0.15, 0.2) is 41.3 Å². The maximum atomic E-state index is 12.9. The Bertz CT molecular complexity index is 1070. The van der Waals surface area contributed by atoms with Crippen molar-refractivity contribution in [2.24, 2.45) is 0 Å². The molecule has 1 saturated heterocycles. The van der Waals surface area contributed by atoms with E-state index in [0.717, 1.165) is 20.9 Å². The standard InChI is InChI=1S/C22H19I2NO6S/c1-3-30-17-9-14(8-16(24)20(17)31-12-19(26)29-2)10-18-21(27)25(22(28)32-18)11-13-4-6-15(23)7-5-13/h4-10H,3,11-12H2,1-2H3/b18-10-. The van der Waals surface area contributed by atoms with Crippen molar-refractivity contribution in [1.29, 1.82) is 0 Å². The van der Waals surface area contributed by atoms with Crippen molar-refractivity contribution in [3.05, 3.63) is 59.6 Å². The summed E-state index contributed by atoms with van der Waals surface area (Å²) >= 11 is 5.18. The van der Waals surface area contributed by atoms with Crippen LogP contribution in [0, 0.1) is 7.14 Å². The highest BCUT2D eigenvalue weighted by Gasteiger charge is 2.35. The Hall–Kier alpha value is -1.80. The van der Waals surface area contributed by atoms with Gasteiger partial charge in [0, 0.05) is 3.57 Å². The van der Waals surface area contributed by atoms with E-state index in [1.54, 1.807) is 18.2 Å². The third-order valence-corrected chi connectivity index (χ3v) is 6.75. The number of rotatable bonds is 8. The topological polar surface area (TPSA) is 82.1 Å². The molecule has 0 radical (unpaired) electrons. The van der Waals surface area contributed by atoms with E-state index in [-0.39, 0.29) is 24.3 Å². The molecule has 10 heteroatoms. The van der Waals surface area contributed by atoms with Gasteiger partial charge < -0.3 is 14.2 Å². The minimum atomic E-state index is -0.505. The fourth-order valence-electron chi connectivity index (χ4n) is 2.82. The van der Waals surface area contributed by atoms with Crippen LogP contribution in [0.25, 0.3) is 6.08 Å². The number of thioether (sulfide) groups is 1. The zero-order chi connectivity index (χ0) is 23.3. The lowest BCUT2D eigenvalue weighted by atomic mass is 10.1. The summed E-state index contributed by atoms with van der Waals surface area (Å²) in [6.45, 7) is 2.20. The fourth-order valence-corrected chi connectivity index (χ4v) is 4.80. The molecule has 0 atom stereocenters. The molecule has 32 heavy (non-hydrogen) atoms. The van der Waals surface area contributed by atoms with Gasteiger partial charge in [-0.2, -0.15) is 0 Å². The van der Waals surface area contributed by atoms with Crippen molar-refractivity contribution in [2.75, 3.05) is 20.3 Å². The first-order valence-electron chi connectivity index (χ1n) is 9.48. The number of esters is 1. The lowest BCUT2D eigenvalue weighted by Crippen LogP contribution is -2.27. The van der Waals surface area contributed by atoms with Gasteiger partial charge in [-0.3, -0.25) is 14.5 Å². The molecule has 0 aliphatic carbocycles. The van der Waals surface area contributed by atoms with Gasteiger partial charge in [-0.25, -0.2) is 4.79 Å². The molecule has 7 nitrogen and oxygen atoms in total. The van der Waals surface area contributed by atoms with E-state index < -0.39 is 5.97 Å². The zero-order valence-corrected chi connectivity index (χ0v) is 22.4. The molecule has 1 aliphatic heterocycles. The number of nitrogens with zero attached hydrogens (tertiary/aromatic N) is 1. The maximum Gasteiger partial charge on any atom is 0.343 e. The molecule has 2 aromatic rings. The molecular weight excluding hydrogens is 660 g/mol. The normalized spacial score (nSPS) is 14.8. The molecule has 1 fully saturated rings. The largest absolute Gasteiger partial charge is 0.490 e. The van der Waals surface area contributed by atoms with Crippen molar-refractivity contribution in [2.45, 2.75) is 13.5 Å². The molecule has 0 saturated carbocycles. The van der Waals surface area contributed by atoms with Crippen LogP contribution in [0.4, 0.5) is 4.79 Å². The zero-order valence-electron chi connectivity index (χ0n) is 17.2. The minimum absolute atomic E-state index is 0.223. The second kappa shape index (κ2) is 11.4. The number of halogens is 2. The molecule has 0 spiro atoms. The molecular formula is C22H19I2NO6S. The number of benzene rings is 2. The summed E-state index contributed by atoms with van der Waals surface area (Å²) < 4.78 is 17.6. The number of methoxy groups -OCH3 is 1. The molecule has 1 aliphatic rings. The quantitative estimate of drug-likeness (QED) is 0.219. The van der Waals surface area contributed by atoms with E-state index in [2.05, 4.69) is 49.9 Å². The van der Waals surface area contributed by atoms with Crippen LogP contribution >= 0.6 is 56.9 Å². The Morgan fingerprint density at radius 2 is 1.84 bits per heavy atom. The summed E-state index contributed by atoms with van der Waals surface area (Å²) in [5.41, 5.74) is 1.57. The molecule has 2 aromatic carbocycles. The minimum Gasteiger partial charge on any atom is -0.490 e. The van der Waals surface area contributed by atoms with Gasteiger partial charge in [0.15, 0.2) is 18.1 Å². The predicted octanol–water partition coefficient (Wildman–Crippen LogP) is 5.08. The molecule has 0 unspecified atom stereocenters. The van der Waals surface area contributed by atoms with Crippen LogP contribution in [-0.4, -0.2) is 42.3 Å². The van der Waals surface area contributed by atoms with E-state index in [1.165, 1.54) is 12.0 Å². The van der Waals surface area contributed by atoms with Gasteiger partial charge in [0.25, 0.3) is 11.1 Å². The van der Waals surface area contributed by atoms with Crippen molar-refractivity contribution >= 4 is 80.1 Å². The number of hydrogen-bond donors (Lipinski definition) is 0.